The third-order valence-corrected chi connectivity index (χ3v) is 3.29. The molecule has 1 rings (SSSR count). The Morgan fingerprint density at radius 3 is 2.40 bits per heavy atom. The molecule has 0 radical (unpaired) electrons. The highest BCUT2D eigenvalue weighted by molar-refractivity contribution is 4.94. The Labute approximate surface area is 92.5 Å². The van der Waals surface area contributed by atoms with Gasteiger partial charge in [0.05, 0.1) is 11.6 Å². The summed E-state index contributed by atoms with van der Waals surface area (Å²) in [6.45, 7) is 5.94. The van der Waals surface area contributed by atoms with Gasteiger partial charge in [0.25, 0.3) is 0 Å². The van der Waals surface area contributed by atoms with Gasteiger partial charge in [0.1, 0.15) is 0 Å². The molecule has 15 heavy (non-hydrogen) atoms. The molecule has 1 heterocycles. The Kier molecular flexibility index (Phi) is 4.99. The SMILES string of the molecule is COC1(C(CC(C)C)NN)CCOCC1. The fourth-order valence-corrected chi connectivity index (χ4v) is 2.32. The molecule has 3 N–H and O–H groups in total. The fraction of sp³-hybridized carbons (Fsp3) is 1.00. The number of hydrogen-bond acceptors (Lipinski definition) is 4. The van der Waals surface area contributed by atoms with Crippen LogP contribution >= 0.6 is 0 Å². The van der Waals surface area contributed by atoms with Gasteiger partial charge in [-0.05, 0) is 12.3 Å². The fourth-order valence-electron chi connectivity index (χ4n) is 2.32. The van der Waals surface area contributed by atoms with Crippen LogP contribution < -0.4 is 11.3 Å². The van der Waals surface area contributed by atoms with E-state index >= 15 is 0 Å². The minimum atomic E-state index is -0.142. The second-order valence-corrected chi connectivity index (χ2v) is 4.73. The lowest BCUT2D eigenvalue weighted by Crippen LogP contribution is -2.57. The van der Waals surface area contributed by atoms with Gasteiger partial charge in [0.15, 0.2) is 0 Å². The summed E-state index contributed by atoms with van der Waals surface area (Å²) in [5, 5.41) is 0. The maximum absolute atomic E-state index is 5.71. The first-order chi connectivity index (χ1) is 7.14. The summed E-state index contributed by atoms with van der Waals surface area (Å²) in [7, 11) is 1.77. The van der Waals surface area contributed by atoms with Crippen molar-refractivity contribution in [1.29, 1.82) is 0 Å². The van der Waals surface area contributed by atoms with E-state index in [4.69, 9.17) is 15.3 Å². The third kappa shape index (κ3) is 3.14. The van der Waals surface area contributed by atoms with Crippen LogP contribution in [0.1, 0.15) is 33.1 Å². The van der Waals surface area contributed by atoms with Gasteiger partial charge in [-0.15, -0.1) is 0 Å². The van der Waals surface area contributed by atoms with Gasteiger partial charge in [-0.2, -0.15) is 0 Å². The molecule has 0 bridgehead atoms. The van der Waals surface area contributed by atoms with Crippen LogP contribution in [0.15, 0.2) is 0 Å². The molecule has 1 fully saturated rings. The molecule has 0 amide bonds. The molecule has 0 aromatic rings. The number of nitrogens with one attached hydrogen (secondary N) is 1. The molecule has 4 nitrogen and oxygen atoms in total. The quantitative estimate of drug-likeness (QED) is 0.533. The van der Waals surface area contributed by atoms with Crippen molar-refractivity contribution in [2.24, 2.45) is 11.8 Å². The van der Waals surface area contributed by atoms with Crippen molar-refractivity contribution in [3.8, 4) is 0 Å². The molecule has 0 saturated carbocycles. The molecular formula is C11H24N2O2. The number of nitrogens with two attached hydrogens (primary N) is 1. The summed E-state index contributed by atoms with van der Waals surface area (Å²) in [5.74, 6) is 6.25. The van der Waals surface area contributed by atoms with Gasteiger partial charge >= 0.3 is 0 Å². The van der Waals surface area contributed by atoms with Gasteiger partial charge in [-0.25, -0.2) is 0 Å². The zero-order chi connectivity index (χ0) is 11.3. The molecular weight excluding hydrogens is 192 g/mol. The van der Waals surface area contributed by atoms with Crippen molar-refractivity contribution in [3.63, 3.8) is 0 Å². The first-order valence-electron chi connectivity index (χ1n) is 5.73. The lowest BCUT2D eigenvalue weighted by Gasteiger charge is -2.42. The zero-order valence-electron chi connectivity index (χ0n) is 10.1. The van der Waals surface area contributed by atoms with Crippen molar-refractivity contribution in [2.45, 2.75) is 44.8 Å². The van der Waals surface area contributed by atoms with Crippen LogP contribution in [0.5, 0.6) is 0 Å². The van der Waals surface area contributed by atoms with E-state index in [1.807, 2.05) is 0 Å². The Balaban J connectivity index is 2.67. The van der Waals surface area contributed by atoms with E-state index < -0.39 is 0 Å². The predicted molar refractivity (Wildman–Crippen MR) is 60.4 cm³/mol. The van der Waals surface area contributed by atoms with E-state index in [0.717, 1.165) is 32.5 Å². The molecule has 1 unspecified atom stereocenters. The summed E-state index contributed by atoms with van der Waals surface area (Å²) in [5.41, 5.74) is 2.77. The summed E-state index contributed by atoms with van der Waals surface area (Å²) >= 11 is 0. The Morgan fingerprint density at radius 2 is 2.00 bits per heavy atom. The van der Waals surface area contributed by atoms with E-state index in [9.17, 15) is 0 Å². The second kappa shape index (κ2) is 5.80. The standard InChI is InChI=1S/C11H24N2O2/c1-9(2)8-10(13-12)11(14-3)4-6-15-7-5-11/h9-10,13H,4-8,12H2,1-3H3. The molecule has 0 aliphatic carbocycles. The molecule has 0 aromatic carbocycles. The largest absolute Gasteiger partial charge is 0.381 e. The van der Waals surface area contributed by atoms with Gasteiger partial charge in [-0.1, -0.05) is 13.8 Å². The summed E-state index contributed by atoms with van der Waals surface area (Å²) in [6, 6.07) is 0.214. The molecule has 4 heteroatoms. The van der Waals surface area contributed by atoms with Crippen LogP contribution in [0.2, 0.25) is 0 Å². The lowest BCUT2D eigenvalue weighted by molar-refractivity contribution is -0.113. The first kappa shape index (κ1) is 12.9. The highest BCUT2D eigenvalue weighted by Gasteiger charge is 2.40. The second-order valence-electron chi connectivity index (χ2n) is 4.73. The van der Waals surface area contributed by atoms with Crippen molar-refractivity contribution < 1.29 is 9.47 Å². The minimum absolute atomic E-state index is 0.142. The summed E-state index contributed by atoms with van der Waals surface area (Å²) < 4.78 is 11.1. The van der Waals surface area contributed by atoms with Crippen LogP contribution in [-0.2, 0) is 9.47 Å². The van der Waals surface area contributed by atoms with Crippen LogP contribution in [0.3, 0.4) is 0 Å². The van der Waals surface area contributed by atoms with Gasteiger partial charge in [-0.3, -0.25) is 11.3 Å². The normalized spacial score (nSPS) is 23.0. The first-order valence-corrected chi connectivity index (χ1v) is 5.73. The van der Waals surface area contributed by atoms with Crippen molar-refractivity contribution in [3.05, 3.63) is 0 Å². The number of ether oxygens (including phenoxy) is 2. The topological polar surface area (TPSA) is 56.5 Å². The maximum atomic E-state index is 5.71. The van der Waals surface area contributed by atoms with E-state index in [1.54, 1.807) is 7.11 Å². The molecule has 0 spiro atoms. The van der Waals surface area contributed by atoms with Crippen LogP contribution in [0.4, 0.5) is 0 Å². The Hall–Kier alpha value is -0.160. The minimum Gasteiger partial charge on any atom is -0.381 e. The lowest BCUT2D eigenvalue weighted by atomic mass is 9.82. The average Bonchev–Trinajstić information content (AvgIpc) is 2.26. The predicted octanol–water partition coefficient (Wildman–Crippen LogP) is 1.06. The average molecular weight is 216 g/mol. The van der Waals surface area contributed by atoms with Crippen LogP contribution in [0.25, 0.3) is 0 Å². The molecule has 1 aliphatic rings. The third-order valence-electron chi connectivity index (χ3n) is 3.29. The number of hydrogen-bond donors (Lipinski definition) is 2. The van der Waals surface area contributed by atoms with Crippen LogP contribution in [-0.4, -0.2) is 32.0 Å². The van der Waals surface area contributed by atoms with Crippen molar-refractivity contribution in [2.75, 3.05) is 20.3 Å². The van der Waals surface area contributed by atoms with Crippen molar-refractivity contribution >= 4 is 0 Å². The highest BCUT2D eigenvalue weighted by Crippen LogP contribution is 2.30. The number of rotatable bonds is 5. The van der Waals surface area contributed by atoms with E-state index in [0.29, 0.717) is 5.92 Å². The molecule has 1 atom stereocenters. The molecule has 0 aromatic heterocycles. The Bertz CT molecular complexity index is 179. The van der Waals surface area contributed by atoms with E-state index in [2.05, 4.69) is 19.3 Å². The van der Waals surface area contributed by atoms with Gasteiger partial charge in [0.2, 0.25) is 0 Å². The van der Waals surface area contributed by atoms with Crippen molar-refractivity contribution in [1.82, 2.24) is 5.43 Å². The molecule has 90 valence electrons. The van der Waals surface area contributed by atoms with Gasteiger partial charge in [0, 0.05) is 33.2 Å². The van der Waals surface area contributed by atoms with E-state index in [1.165, 1.54) is 0 Å². The van der Waals surface area contributed by atoms with Gasteiger partial charge < -0.3 is 9.47 Å². The molecule has 1 saturated heterocycles. The van der Waals surface area contributed by atoms with Crippen LogP contribution in [0, 0.1) is 5.92 Å². The number of hydrazine groups is 1. The number of methoxy groups -OCH3 is 1. The smallest absolute Gasteiger partial charge is 0.0888 e. The maximum Gasteiger partial charge on any atom is 0.0888 e. The summed E-state index contributed by atoms with van der Waals surface area (Å²) in [4.78, 5) is 0. The Morgan fingerprint density at radius 1 is 1.40 bits per heavy atom. The zero-order valence-corrected chi connectivity index (χ0v) is 10.1. The molecule has 1 aliphatic heterocycles. The summed E-state index contributed by atoms with van der Waals surface area (Å²) in [6.07, 6.45) is 2.88. The van der Waals surface area contributed by atoms with E-state index in [-0.39, 0.29) is 11.6 Å². The monoisotopic (exact) mass is 216 g/mol. The highest BCUT2D eigenvalue weighted by atomic mass is 16.5.